The van der Waals surface area contributed by atoms with Crippen LogP contribution in [0.4, 0.5) is 0 Å². The van der Waals surface area contributed by atoms with E-state index >= 15 is 0 Å². The van der Waals surface area contributed by atoms with Crippen molar-refractivity contribution in [1.29, 1.82) is 0 Å². The summed E-state index contributed by atoms with van der Waals surface area (Å²) < 4.78 is 4.86. The van der Waals surface area contributed by atoms with Crippen LogP contribution in [0.5, 0.6) is 0 Å². The predicted octanol–water partition coefficient (Wildman–Crippen LogP) is 3.21. The van der Waals surface area contributed by atoms with Gasteiger partial charge >= 0.3 is 0 Å². The van der Waals surface area contributed by atoms with Gasteiger partial charge in [-0.05, 0) is 0 Å². The topological polar surface area (TPSA) is 38.9 Å². The Kier molecular flexibility index (Phi) is 2.70. The summed E-state index contributed by atoms with van der Waals surface area (Å²) >= 11 is 11.1. The molecule has 0 aliphatic carbocycles. The summed E-state index contributed by atoms with van der Waals surface area (Å²) in [6.45, 7) is 0. The molecule has 1 aromatic carbocycles. The lowest BCUT2D eigenvalue weighted by Crippen LogP contribution is -1.82. The van der Waals surface area contributed by atoms with Crippen molar-refractivity contribution in [2.45, 2.75) is 4.84 Å². The summed E-state index contributed by atoms with van der Waals surface area (Å²) in [4.78, 5) is 3.26. The molecule has 0 N–H and O–H groups in total. The van der Waals surface area contributed by atoms with Crippen molar-refractivity contribution in [2.75, 3.05) is 0 Å². The lowest BCUT2D eigenvalue weighted by atomic mass is 10.2. The lowest BCUT2D eigenvalue weighted by Gasteiger charge is -1.90. The van der Waals surface area contributed by atoms with Crippen molar-refractivity contribution in [2.24, 2.45) is 0 Å². The molecular formula is C9H6Cl2N2O. The molecule has 0 bridgehead atoms. The van der Waals surface area contributed by atoms with Gasteiger partial charge in [-0.2, -0.15) is 4.98 Å². The van der Waals surface area contributed by atoms with Gasteiger partial charge < -0.3 is 4.52 Å². The monoisotopic (exact) mass is 228 g/mol. The fourth-order valence-corrected chi connectivity index (χ4v) is 1.21. The van der Waals surface area contributed by atoms with E-state index in [1.54, 1.807) is 0 Å². The highest BCUT2D eigenvalue weighted by Gasteiger charge is 2.13. The summed E-state index contributed by atoms with van der Waals surface area (Å²) in [6, 6.07) is 9.46. The van der Waals surface area contributed by atoms with Crippen LogP contribution in [-0.2, 0) is 0 Å². The van der Waals surface area contributed by atoms with Gasteiger partial charge in [-0.15, -0.1) is 0 Å². The van der Waals surface area contributed by atoms with Crippen LogP contribution >= 0.6 is 23.2 Å². The molecule has 0 aliphatic rings. The Labute approximate surface area is 90.6 Å². The van der Waals surface area contributed by atoms with Crippen LogP contribution in [0.3, 0.4) is 0 Å². The fraction of sp³-hybridized carbons (Fsp3) is 0.111. The van der Waals surface area contributed by atoms with E-state index in [9.17, 15) is 0 Å². The first-order valence-corrected chi connectivity index (χ1v) is 4.82. The zero-order valence-corrected chi connectivity index (χ0v) is 8.53. The molecule has 1 heterocycles. The van der Waals surface area contributed by atoms with Gasteiger partial charge in [-0.1, -0.05) is 58.7 Å². The average Bonchev–Trinajstić information content (AvgIpc) is 2.68. The zero-order valence-electron chi connectivity index (χ0n) is 7.02. The molecule has 72 valence electrons. The van der Waals surface area contributed by atoms with Gasteiger partial charge in [0.05, 0.1) is 0 Å². The molecule has 0 radical (unpaired) electrons. The zero-order chi connectivity index (χ0) is 9.97. The highest BCUT2D eigenvalue weighted by atomic mass is 35.5. The molecule has 0 atom stereocenters. The number of aromatic nitrogens is 2. The third-order valence-corrected chi connectivity index (χ3v) is 2.03. The number of alkyl halides is 2. The van der Waals surface area contributed by atoms with Crippen molar-refractivity contribution < 1.29 is 4.52 Å². The standard InChI is InChI=1S/C9H6Cl2N2O/c10-7(11)9-12-8(13-14-9)6-4-2-1-3-5-6/h1-5,7H. The van der Waals surface area contributed by atoms with E-state index in [-0.39, 0.29) is 5.89 Å². The Hall–Kier alpha value is -1.06. The summed E-state index contributed by atoms with van der Waals surface area (Å²) in [6.07, 6.45) is 0. The van der Waals surface area contributed by atoms with Crippen molar-refractivity contribution >= 4 is 23.2 Å². The second-order valence-electron chi connectivity index (χ2n) is 2.62. The predicted molar refractivity (Wildman–Crippen MR) is 54.2 cm³/mol. The quantitative estimate of drug-likeness (QED) is 0.742. The maximum absolute atomic E-state index is 5.57. The Bertz CT molecular complexity index is 414. The molecule has 0 fully saturated rings. The number of rotatable bonds is 2. The first-order valence-electron chi connectivity index (χ1n) is 3.94. The van der Waals surface area contributed by atoms with Crippen molar-refractivity contribution in [3.63, 3.8) is 0 Å². The van der Waals surface area contributed by atoms with E-state index in [0.717, 1.165) is 5.56 Å². The number of benzene rings is 1. The molecule has 1 aromatic heterocycles. The van der Waals surface area contributed by atoms with Crippen LogP contribution in [0.15, 0.2) is 34.9 Å². The molecule has 0 unspecified atom stereocenters. The second kappa shape index (κ2) is 3.98. The van der Waals surface area contributed by atoms with E-state index in [4.69, 9.17) is 27.7 Å². The molecule has 0 amide bonds. The van der Waals surface area contributed by atoms with Crippen molar-refractivity contribution in [3.05, 3.63) is 36.2 Å². The summed E-state index contributed by atoms with van der Waals surface area (Å²) in [5.41, 5.74) is 0.872. The minimum atomic E-state index is -0.778. The SMILES string of the molecule is ClC(Cl)c1nc(-c2ccccc2)no1. The van der Waals surface area contributed by atoms with Gasteiger partial charge in [0.15, 0.2) is 4.84 Å². The lowest BCUT2D eigenvalue weighted by molar-refractivity contribution is 0.388. The summed E-state index contributed by atoms with van der Waals surface area (Å²) in [7, 11) is 0. The van der Waals surface area contributed by atoms with Crippen molar-refractivity contribution in [1.82, 2.24) is 10.1 Å². The van der Waals surface area contributed by atoms with Crippen LogP contribution in [0.1, 0.15) is 10.7 Å². The normalized spacial score (nSPS) is 10.8. The second-order valence-corrected chi connectivity index (χ2v) is 3.72. The smallest absolute Gasteiger partial charge is 0.260 e. The molecule has 2 rings (SSSR count). The van der Waals surface area contributed by atoms with Crippen molar-refractivity contribution in [3.8, 4) is 11.4 Å². The van der Waals surface area contributed by atoms with Gasteiger partial charge in [-0.3, -0.25) is 0 Å². The minimum Gasteiger partial charge on any atom is -0.336 e. The summed E-state index contributed by atoms with van der Waals surface area (Å²) in [5, 5.41) is 3.75. The Morgan fingerprint density at radius 3 is 2.43 bits per heavy atom. The van der Waals surface area contributed by atoms with Gasteiger partial charge in [-0.25, -0.2) is 0 Å². The Morgan fingerprint density at radius 1 is 1.14 bits per heavy atom. The minimum absolute atomic E-state index is 0.215. The van der Waals surface area contributed by atoms with Gasteiger partial charge in [0.1, 0.15) is 0 Å². The molecular weight excluding hydrogens is 223 g/mol. The van der Waals surface area contributed by atoms with Gasteiger partial charge in [0.25, 0.3) is 5.89 Å². The van der Waals surface area contributed by atoms with E-state index in [1.165, 1.54) is 0 Å². The Balaban J connectivity index is 2.34. The molecule has 0 aliphatic heterocycles. The first-order chi connectivity index (χ1) is 6.77. The number of halogens is 2. The van der Waals surface area contributed by atoms with Gasteiger partial charge in [0.2, 0.25) is 5.82 Å². The first kappa shape index (κ1) is 9.49. The number of nitrogens with zero attached hydrogens (tertiary/aromatic N) is 2. The maximum atomic E-state index is 5.57. The number of hydrogen-bond donors (Lipinski definition) is 0. The molecule has 14 heavy (non-hydrogen) atoms. The number of hydrogen-bond acceptors (Lipinski definition) is 3. The third kappa shape index (κ3) is 1.89. The van der Waals surface area contributed by atoms with E-state index < -0.39 is 4.84 Å². The van der Waals surface area contributed by atoms with Crippen LogP contribution in [0, 0.1) is 0 Å². The fourth-order valence-electron chi connectivity index (χ4n) is 1.03. The molecule has 0 spiro atoms. The molecule has 0 saturated heterocycles. The Morgan fingerprint density at radius 2 is 1.86 bits per heavy atom. The highest BCUT2D eigenvalue weighted by Crippen LogP contribution is 2.25. The molecule has 5 heteroatoms. The van der Waals surface area contributed by atoms with Crippen LogP contribution in [-0.4, -0.2) is 10.1 Å². The van der Waals surface area contributed by atoms with Crippen LogP contribution in [0.2, 0.25) is 0 Å². The van der Waals surface area contributed by atoms with Crippen LogP contribution < -0.4 is 0 Å². The highest BCUT2D eigenvalue weighted by molar-refractivity contribution is 6.43. The average molecular weight is 229 g/mol. The van der Waals surface area contributed by atoms with E-state index in [1.807, 2.05) is 30.3 Å². The van der Waals surface area contributed by atoms with Crippen LogP contribution in [0.25, 0.3) is 11.4 Å². The summed E-state index contributed by atoms with van der Waals surface area (Å²) in [5.74, 6) is 0.707. The van der Waals surface area contributed by atoms with E-state index in [0.29, 0.717) is 5.82 Å². The maximum Gasteiger partial charge on any atom is 0.260 e. The third-order valence-electron chi connectivity index (χ3n) is 1.66. The molecule has 2 aromatic rings. The largest absolute Gasteiger partial charge is 0.336 e. The molecule has 3 nitrogen and oxygen atoms in total. The molecule has 0 saturated carbocycles. The van der Waals surface area contributed by atoms with Gasteiger partial charge in [0, 0.05) is 5.56 Å². The van der Waals surface area contributed by atoms with E-state index in [2.05, 4.69) is 10.1 Å².